The maximum absolute atomic E-state index is 6.10. The van der Waals surface area contributed by atoms with Crippen LogP contribution in [0.15, 0.2) is 12.1 Å². The number of hydrogen-bond donors (Lipinski definition) is 0. The van der Waals surface area contributed by atoms with Crippen LogP contribution >= 0.6 is 34.5 Å². The minimum atomic E-state index is 0.515. The predicted octanol–water partition coefficient (Wildman–Crippen LogP) is 3.53. The summed E-state index contributed by atoms with van der Waals surface area (Å²) in [5, 5.41) is 0.530. The molecule has 3 nitrogen and oxygen atoms in total. The molecule has 0 aromatic carbocycles. The zero-order chi connectivity index (χ0) is 12.5. The van der Waals surface area contributed by atoms with Crippen LogP contribution in [0.25, 0.3) is 10.2 Å². The van der Waals surface area contributed by atoms with Crippen molar-refractivity contribution in [3.8, 4) is 0 Å². The molecule has 1 aliphatic heterocycles. The number of alkyl halides is 1. The third-order valence-corrected chi connectivity index (χ3v) is 4.75. The van der Waals surface area contributed by atoms with Gasteiger partial charge in [-0.3, -0.25) is 0 Å². The zero-order valence-corrected chi connectivity index (χ0v) is 12.0. The second-order valence-electron chi connectivity index (χ2n) is 4.12. The molecule has 96 valence electrons. The van der Waals surface area contributed by atoms with E-state index < -0.39 is 0 Å². The van der Waals surface area contributed by atoms with Crippen LogP contribution in [0.3, 0.4) is 0 Å². The highest BCUT2D eigenvalue weighted by Gasteiger charge is 2.17. The van der Waals surface area contributed by atoms with Crippen molar-refractivity contribution in [3.05, 3.63) is 22.2 Å². The lowest BCUT2D eigenvalue weighted by atomic mass is 10.3. The average molecular weight is 303 g/mol. The fourth-order valence-electron chi connectivity index (χ4n) is 2.13. The van der Waals surface area contributed by atoms with E-state index in [1.54, 1.807) is 11.3 Å². The summed E-state index contributed by atoms with van der Waals surface area (Å²) in [6.45, 7) is 3.30. The summed E-state index contributed by atoms with van der Waals surface area (Å²) in [7, 11) is 0. The Balaban J connectivity index is 2.10. The number of halogens is 2. The van der Waals surface area contributed by atoms with Gasteiger partial charge in [0, 0.05) is 24.0 Å². The molecule has 0 N–H and O–H groups in total. The molecule has 1 fully saturated rings. The van der Waals surface area contributed by atoms with Crippen molar-refractivity contribution < 1.29 is 4.74 Å². The molecule has 6 heteroatoms. The van der Waals surface area contributed by atoms with E-state index in [4.69, 9.17) is 27.9 Å². The SMILES string of the molecule is ClCc1cc2nc(Cl)cc(N3CCOCC3)c2s1. The number of ether oxygens (including phenoxy) is 1. The maximum Gasteiger partial charge on any atom is 0.131 e. The van der Waals surface area contributed by atoms with Gasteiger partial charge in [-0.15, -0.1) is 22.9 Å². The van der Waals surface area contributed by atoms with Crippen molar-refractivity contribution in [3.63, 3.8) is 0 Å². The van der Waals surface area contributed by atoms with Crippen LogP contribution in [-0.2, 0) is 10.6 Å². The van der Waals surface area contributed by atoms with Crippen LogP contribution in [0.2, 0.25) is 5.15 Å². The summed E-state index contributed by atoms with van der Waals surface area (Å²) < 4.78 is 6.55. The molecule has 0 atom stereocenters. The minimum absolute atomic E-state index is 0.515. The maximum atomic E-state index is 6.10. The van der Waals surface area contributed by atoms with Gasteiger partial charge in [0.1, 0.15) is 5.15 Å². The molecule has 0 unspecified atom stereocenters. The van der Waals surface area contributed by atoms with Crippen molar-refractivity contribution in [1.82, 2.24) is 4.98 Å². The molecule has 1 aliphatic rings. The Bertz CT molecular complexity index is 566. The lowest BCUT2D eigenvalue weighted by Crippen LogP contribution is -2.36. The second-order valence-corrected chi connectivity index (χ2v) is 5.92. The molecule has 3 rings (SSSR count). The number of aromatic nitrogens is 1. The Hall–Kier alpha value is -0.550. The highest BCUT2D eigenvalue weighted by atomic mass is 35.5. The van der Waals surface area contributed by atoms with Gasteiger partial charge in [-0.05, 0) is 6.07 Å². The molecule has 2 aromatic rings. The first-order chi connectivity index (χ1) is 8.78. The number of rotatable bonds is 2. The predicted molar refractivity (Wildman–Crippen MR) is 77.2 cm³/mol. The number of pyridine rings is 1. The molecular weight excluding hydrogens is 291 g/mol. The van der Waals surface area contributed by atoms with Crippen LogP contribution in [-0.4, -0.2) is 31.3 Å². The molecular formula is C12H12Cl2N2OS. The molecule has 3 heterocycles. The molecule has 1 saturated heterocycles. The van der Waals surface area contributed by atoms with Gasteiger partial charge in [-0.2, -0.15) is 0 Å². The highest BCUT2D eigenvalue weighted by molar-refractivity contribution is 7.19. The van der Waals surface area contributed by atoms with Crippen molar-refractivity contribution in [2.75, 3.05) is 31.2 Å². The quantitative estimate of drug-likeness (QED) is 0.627. The first-order valence-corrected chi connectivity index (χ1v) is 7.48. The van der Waals surface area contributed by atoms with E-state index in [9.17, 15) is 0 Å². The number of hydrogen-bond acceptors (Lipinski definition) is 4. The summed E-state index contributed by atoms with van der Waals surface area (Å²) in [5.41, 5.74) is 2.08. The van der Waals surface area contributed by atoms with E-state index in [1.807, 2.05) is 12.1 Å². The van der Waals surface area contributed by atoms with E-state index in [2.05, 4.69) is 9.88 Å². The second kappa shape index (κ2) is 5.21. The van der Waals surface area contributed by atoms with Gasteiger partial charge in [0.05, 0.1) is 35.0 Å². The summed E-state index contributed by atoms with van der Waals surface area (Å²) in [5.74, 6) is 0.515. The van der Waals surface area contributed by atoms with Gasteiger partial charge in [0.15, 0.2) is 0 Å². The Morgan fingerprint density at radius 2 is 2.11 bits per heavy atom. The number of anilines is 1. The van der Waals surface area contributed by atoms with Crippen LogP contribution < -0.4 is 4.90 Å². The van der Waals surface area contributed by atoms with Gasteiger partial charge >= 0.3 is 0 Å². The Morgan fingerprint density at radius 1 is 1.33 bits per heavy atom. The summed E-state index contributed by atoms with van der Waals surface area (Å²) in [6.07, 6.45) is 0. The van der Waals surface area contributed by atoms with Gasteiger partial charge < -0.3 is 9.64 Å². The van der Waals surface area contributed by atoms with Crippen molar-refractivity contribution in [2.24, 2.45) is 0 Å². The number of fused-ring (bicyclic) bond motifs is 1. The third-order valence-electron chi connectivity index (χ3n) is 2.96. The zero-order valence-electron chi connectivity index (χ0n) is 9.66. The van der Waals surface area contributed by atoms with Crippen LogP contribution in [0.4, 0.5) is 5.69 Å². The van der Waals surface area contributed by atoms with Crippen LogP contribution in [0, 0.1) is 0 Å². The summed E-state index contributed by atoms with van der Waals surface area (Å²) in [4.78, 5) is 7.78. The molecule has 0 amide bonds. The van der Waals surface area contributed by atoms with Gasteiger partial charge in [0.25, 0.3) is 0 Å². The monoisotopic (exact) mass is 302 g/mol. The molecule has 0 bridgehead atoms. The fourth-order valence-corrected chi connectivity index (χ4v) is 3.55. The highest BCUT2D eigenvalue weighted by Crippen LogP contribution is 2.35. The minimum Gasteiger partial charge on any atom is -0.378 e. The average Bonchev–Trinajstić information content (AvgIpc) is 2.81. The van der Waals surface area contributed by atoms with E-state index in [-0.39, 0.29) is 0 Å². The smallest absolute Gasteiger partial charge is 0.131 e. The van der Waals surface area contributed by atoms with Crippen molar-refractivity contribution in [1.29, 1.82) is 0 Å². The van der Waals surface area contributed by atoms with Gasteiger partial charge in [-0.25, -0.2) is 4.98 Å². The number of thiophene rings is 1. The standard InChI is InChI=1S/C12H12Cl2N2OS/c13-7-8-5-9-12(18-8)10(6-11(14)15-9)16-1-3-17-4-2-16/h5-6H,1-4,7H2. The van der Waals surface area contributed by atoms with E-state index in [0.29, 0.717) is 11.0 Å². The van der Waals surface area contributed by atoms with E-state index >= 15 is 0 Å². The van der Waals surface area contributed by atoms with E-state index in [0.717, 1.165) is 47.1 Å². The number of nitrogens with zero attached hydrogens (tertiary/aromatic N) is 2. The van der Waals surface area contributed by atoms with Gasteiger partial charge in [-0.1, -0.05) is 11.6 Å². The summed E-state index contributed by atoms with van der Waals surface area (Å²) >= 11 is 13.7. The normalized spacial score (nSPS) is 16.4. The first-order valence-electron chi connectivity index (χ1n) is 5.75. The third kappa shape index (κ3) is 2.30. The molecule has 0 radical (unpaired) electrons. The Labute approximate surface area is 119 Å². The van der Waals surface area contributed by atoms with Crippen LogP contribution in [0.5, 0.6) is 0 Å². The first kappa shape index (κ1) is 12.5. The fraction of sp³-hybridized carbons (Fsp3) is 0.417. The molecule has 0 spiro atoms. The van der Waals surface area contributed by atoms with Crippen molar-refractivity contribution >= 4 is 50.4 Å². The molecule has 0 saturated carbocycles. The number of morpholine rings is 1. The molecule has 2 aromatic heterocycles. The lowest BCUT2D eigenvalue weighted by molar-refractivity contribution is 0.123. The van der Waals surface area contributed by atoms with Gasteiger partial charge in [0.2, 0.25) is 0 Å². The lowest BCUT2D eigenvalue weighted by Gasteiger charge is -2.29. The molecule has 18 heavy (non-hydrogen) atoms. The van der Waals surface area contributed by atoms with E-state index in [1.165, 1.54) is 0 Å². The Kier molecular flexibility index (Phi) is 3.61. The Morgan fingerprint density at radius 3 is 2.83 bits per heavy atom. The van der Waals surface area contributed by atoms with Crippen LogP contribution in [0.1, 0.15) is 4.88 Å². The topological polar surface area (TPSA) is 25.4 Å². The molecule has 0 aliphatic carbocycles. The summed E-state index contributed by atoms with van der Waals surface area (Å²) in [6, 6.07) is 3.95. The van der Waals surface area contributed by atoms with Crippen molar-refractivity contribution in [2.45, 2.75) is 5.88 Å². The largest absolute Gasteiger partial charge is 0.378 e.